The highest BCUT2D eigenvalue weighted by Gasteiger charge is 2.25. The quantitative estimate of drug-likeness (QED) is 0.883. The Balaban J connectivity index is 2.32. The highest BCUT2D eigenvalue weighted by molar-refractivity contribution is 7.89. The van der Waals surface area contributed by atoms with Crippen molar-refractivity contribution in [2.75, 3.05) is 0 Å². The van der Waals surface area contributed by atoms with Crippen molar-refractivity contribution in [3.63, 3.8) is 0 Å². The van der Waals surface area contributed by atoms with Gasteiger partial charge in [-0.2, -0.15) is 0 Å². The number of primary sulfonamides is 1. The van der Waals surface area contributed by atoms with Crippen LogP contribution in [-0.2, 0) is 10.0 Å². The van der Waals surface area contributed by atoms with Crippen LogP contribution in [0.25, 0.3) is 11.3 Å². The Hall–Kier alpha value is -1.92. The van der Waals surface area contributed by atoms with Crippen molar-refractivity contribution in [2.45, 2.75) is 25.7 Å². The van der Waals surface area contributed by atoms with E-state index in [4.69, 9.17) is 9.56 Å². The first-order valence-electron chi connectivity index (χ1n) is 6.37. The lowest BCUT2D eigenvalue weighted by Gasteiger charge is -2.13. The molecule has 5 nitrogen and oxygen atoms in total. The summed E-state index contributed by atoms with van der Waals surface area (Å²) >= 11 is 0. The minimum absolute atomic E-state index is 0.0313. The van der Waals surface area contributed by atoms with E-state index >= 15 is 0 Å². The van der Waals surface area contributed by atoms with Gasteiger partial charge in [0.2, 0.25) is 15.8 Å². The van der Waals surface area contributed by atoms with Gasteiger partial charge in [-0.3, -0.25) is 4.79 Å². The molecule has 0 fully saturated rings. The number of sulfonamides is 1. The summed E-state index contributed by atoms with van der Waals surface area (Å²) in [5.41, 5.74) is 0.155. The van der Waals surface area contributed by atoms with E-state index in [1.807, 2.05) is 20.8 Å². The maximum Gasteiger partial charge on any atom is 0.238 e. The summed E-state index contributed by atoms with van der Waals surface area (Å²) in [5.74, 6) is 0.700. The van der Waals surface area contributed by atoms with Crippen LogP contribution in [0, 0.1) is 5.41 Å². The molecule has 0 atom stereocenters. The largest absolute Gasteiger partial charge is 0.453 e. The molecule has 2 N–H and O–H groups in total. The second kappa shape index (κ2) is 5.13. The Morgan fingerprint density at radius 1 is 1.05 bits per heavy atom. The fraction of sp³-hybridized carbons (Fsp3) is 0.267. The molecule has 0 aliphatic carbocycles. The monoisotopic (exact) mass is 307 g/mol. The van der Waals surface area contributed by atoms with Crippen LogP contribution in [-0.4, -0.2) is 14.2 Å². The van der Waals surface area contributed by atoms with Gasteiger partial charge >= 0.3 is 0 Å². The van der Waals surface area contributed by atoms with E-state index < -0.39 is 15.4 Å². The van der Waals surface area contributed by atoms with Crippen molar-refractivity contribution in [1.82, 2.24) is 0 Å². The molecule has 0 aliphatic rings. The zero-order chi connectivity index (χ0) is 15.8. The lowest BCUT2D eigenvalue weighted by Crippen LogP contribution is -2.19. The molecule has 0 spiro atoms. The highest BCUT2D eigenvalue weighted by atomic mass is 32.2. The lowest BCUT2D eigenvalue weighted by atomic mass is 9.89. The number of rotatable bonds is 3. The molecule has 2 rings (SSSR count). The van der Waals surface area contributed by atoms with Gasteiger partial charge in [0.15, 0.2) is 5.76 Å². The van der Waals surface area contributed by atoms with E-state index in [9.17, 15) is 13.2 Å². The molecule has 112 valence electrons. The number of hydrogen-bond acceptors (Lipinski definition) is 4. The van der Waals surface area contributed by atoms with Crippen molar-refractivity contribution >= 4 is 15.8 Å². The molecule has 1 heterocycles. The average molecular weight is 307 g/mol. The molecule has 0 unspecified atom stereocenters. The molecule has 0 aliphatic heterocycles. The fourth-order valence-electron chi connectivity index (χ4n) is 1.79. The van der Waals surface area contributed by atoms with Crippen LogP contribution in [0.4, 0.5) is 0 Å². The standard InChI is InChI=1S/C15H17NO4S/c1-15(2,3)14(17)13-9-8-12(20-13)10-4-6-11(7-5-10)21(16,18)19/h4-9H,1-3H3,(H2,16,18,19). The molecule has 1 aromatic heterocycles. The van der Waals surface area contributed by atoms with Crippen molar-refractivity contribution in [2.24, 2.45) is 10.6 Å². The van der Waals surface area contributed by atoms with Crippen LogP contribution in [0.3, 0.4) is 0 Å². The second-order valence-corrected chi connectivity index (χ2v) is 7.37. The first-order valence-corrected chi connectivity index (χ1v) is 7.91. The van der Waals surface area contributed by atoms with Gasteiger partial charge in [0, 0.05) is 11.0 Å². The molecule has 0 bridgehead atoms. The third-order valence-corrected chi connectivity index (χ3v) is 3.91. The smallest absolute Gasteiger partial charge is 0.238 e. The van der Waals surface area contributed by atoms with Crippen LogP contribution >= 0.6 is 0 Å². The van der Waals surface area contributed by atoms with Gasteiger partial charge in [0.25, 0.3) is 0 Å². The van der Waals surface area contributed by atoms with Gasteiger partial charge in [-0.1, -0.05) is 20.8 Å². The summed E-state index contributed by atoms with van der Waals surface area (Å²) < 4.78 is 27.9. The zero-order valence-corrected chi connectivity index (χ0v) is 12.9. The lowest BCUT2D eigenvalue weighted by molar-refractivity contribution is 0.0829. The van der Waals surface area contributed by atoms with Crippen molar-refractivity contribution in [1.29, 1.82) is 0 Å². The number of Topliss-reactive ketones (excluding diaryl/α,β-unsaturated/α-hetero) is 1. The molecular formula is C15H17NO4S. The van der Waals surface area contributed by atoms with E-state index in [0.29, 0.717) is 11.3 Å². The van der Waals surface area contributed by atoms with E-state index in [1.54, 1.807) is 24.3 Å². The van der Waals surface area contributed by atoms with Crippen LogP contribution < -0.4 is 5.14 Å². The van der Waals surface area contributed by atoms with Gasteiger partial charge in [-0.05, 0) is 36.4 Å². The Morgan fingerprint density at radius 2 is 1.62 bits per heavy atom. The van der Waals surface area contributed by atoms with E-state index in [1.165, 1.54) is 12.1 Å². The summed E-state index contributed by atoms with van der Waals surface area (Å²) in [4.78, 5) is 12.1. The predicted molar refractivity (Wildman–Crippen MR) is 79.3 cm³/mol. The van der Waals surface area contributed by atoms with Crippen molar-refractivity contribution in [3.05, 3.63) is 42.2 Å². The van der Waals surface area contributed by atoms with Gasteiger partial charge in [-0.25, -0.2) is 13.6 Å². The molecule has 0 saturated heterocycles. The second-order valence-electron chi connectivity index (χ2n) is 5.81. The minimum atomic E-state index is -3.71. The normalized spacial score (nSPS) is 12.4. The number of carbonyl (C=O) groups excluding carboxylic acids is 1. The summed E-state index contributed by atoms with van der Waals surface area (Å²) in [7, 11) is -3.71. The fourth-order valence-corrected chi connectivity index (χ4v) is 2.31. The molecule has 0 saturated carbocycles. The molecule has 2 aromatic rings. The Bertz CT molecular complexity index is 765. The first-order chi connectivity index (χ1) is 9.59. The first kappa shape index (κ1) is 15.5. The van der Waals surface area contributed by atoms with E-state index in [0.717, 1.165) is 0 Å². The van der Waals surface area contributed by atoms with Crippen LogP contribution in [0.2, 0.25) is 0 Å². The van der Waals surface area contributed by atoms with E-state index in [2.05, 4.69) is 0 Å². The highest BCUT2D eigenvalue weighted by Crippen LogP contribution is 2.27. The summed E-state index contributed by atoms with van der Waals surface area (Å²) in [6, 6.07) is 9.28. The molecule has 0 radical (unpaired) electrons. The van der Waals surface area contributed by atoms with Crippen LogP contribution in [0.5, 0.6) is 0 Å². The maximum absolute atomic E-state index is 12.1. The molecule has 6 heteroatoms. The van der Waals surface area contributed by atoms with Crippen LogP contribution in [0.15, 0.2) is 45.7 Å². The predicted octanol–water partition coefficient (Wildman–Crippen LogP) is 2.82. The molecule has 1 aromatic carbocycles. The maximum atomic E-state index is 12.1. The molecule has 0 amide bonds. The zero-order valence-electron chi connectivity index (χ0n) is 12.1. The SMILES string of the molecule is CC(C)(C)C(=O)c1ccc(-c2ccc(S(N)(=O)=O)cc2)o1. The summed E-state index contributed by atoms with van der Waals surface area (Å²) in [5, 5.41) is 5.04. The van der Waals surface area contributed by atoms with Crippen molar-refractivity contribution in [3.8, 4) is 11.3 Å². The summed E-state index contributed by atoms with van der Waals surface area (Å²) in [6.45, 7) is 5.45. The third-order valence-electron chi connectivity index (χ3n) is 2.98. The van der Waals surface area contributed by atoms with E-state index in [-0.39, 0.29) is 16.4 Å². The van der Waals surface area contributed by atoms with Gasteiger partial charge in [0.05, 0.1) is 4.90 Å². The number of carbonyl (C=O) groups is 1. The Kier molecular flexibility index (Phi) is 3.78. The topological polar surface area (TPSA) is 90.4 Å². The van der Waals surface area contributed by atoms with Gasteiger partial charge in [-0.15, -0.1) is 0 Å². The van der Waals surface area contributed by atoms with Gasteiger partial charge in [0.1, 0.15) is 5.76 Å². The number of furan rings is 1. The number of hydrogen-bond donors (Lipinski definition) is 1. The minimum Gasteiger partial charge on any atom is -0.453 e. The third kappa shape index (κ3) is 3.40. The van der Waals surface area contributed by atoms with Crippen LogP contribution in [0.1, 0.15) is 31.3 Å². The average Bonchev–Trinajstić information content (AvgIpc) is 2.85. The van der Waals surface area contributed by atoms with Gasteiger partial charge < -0.3 is 4.42 Å². The molecular weight excluding hydrogens is 290 g/mol. The number of benzene rings is 1. The number of nitrogens with two attached hydrogens (primary N) is 1. The summed E-state index contributed by atoms with van der Waals surface area (Å²) in [6.07, 6.45) is 0. The Labute approximate surface area is 123 Å². The van der Waals surface area contributed by atoms with Crippen molar-refractivity contribution < 1.29 is 17.6 Å². The Morgan fingerprint density at radius 3 is 2.10 bits per heavy atom. The number of ketones is 1. The molecule has 21 heavy (non-hydrogen) atoms.